The fourth-order valence-corrected chi connectivity index (χ4v) is 2.78. The molecule has 0 aliphatic heterocycles. The van der Waals surface area contributed by atoms with Gasteiger partial charge in [0.15, 0.2) is 0 Å². The summed E-state index contributed by atoms with van der Waals surface area (Å²) in [6.45, 7) is 0. The van der Waals surface area contributed by atoms with E-state index in [1.165, 1.54) is 13.5 Å². The summed E-state index contributed by atoms with van der Waals surface area (Å²) in [5.74, 6) is -0.378. The molecule has 0 aromatic heterocycles. The van der Waals surface area contributed by atoms with Crippen LogP contribution in [0.25, 0.3) is 0 Å². The van der Waals surface area contributed by atoms with E-state index in [2.05, 4.69) is 5.32 Å². The summed E-state index contributed by atoms with van der Waals surface area (Å²) in [6.07, 6.45) is 5.36. The molecule has 0 unspecified atom stereocenters. The average molecular weight is 275 g/mol. The Morgan fingerprint density at radius 3 is 2.40 bits per heavy atom. The molecule has 0 radical (unpaired) electrons. The Kier molecular flexibility index (Phi) is 5.16. The van der Waals surface area contributed by atoms with E-state index in [0.29, 0.717) is 5.56 Å². The molecule has 4 heteroatoms. The first-order valence-corrected chi connectivity index (χ1v) is 7.16. The van der Waals surface area contributed by atoms with Gasteiger partial charge in [0.2, 0.25) is 0 Å². The zero-order chi connectivity index (χ0) is 14.4. The van der Waals surface area contributed by atoms with Gasteiger partial charge >= 0.3 is 5.97 Å². The number of hydrogen-bond donors (Lipinski definition) is 1. The van der Waals surface area contributed by atoms with E-state index >= 15 is 0 Å². The molecule has 1 aromatic carbocycles. The fourth-order valence-electron chi connectivity index (χ4n) is 2.78. The van der Waals surface area contributed by atoms with Gasteiger partial charge in [0, 0.05) is 5.56 Å². The maximum Gasteiger partial charge on any atom is 0.328 e. The molecule has 0 bridgehead atoms. The van der Waals surface area contributed by atoms with E-state index in [-0.39, 0.29) is 17.8 Å². The van der Waals surface area contributed by atoms with Gasteiger partial charge in [-0.3, -0.25) is 4.79 Å². The maximum atomic E-state index is 12.2. The van der Waals surface area contributed by atoms with Crippen LogP contribution in [0, 0.1) is 5.92 Å². The summed E-state index contributed by atoms with van der Waals surface area (Å²) in [5, 5.41) is 2.84. The molecule has 1 amide bonds. The number of carbonyl (C=O) groups is 2. The van der Waals surface area contributed by atoms with Gasteiger partial charge in [-0.15, -0.1) is 0 Å². The van der Waals surface area contributed by atoms with Gasteiger partial charge in [-0.05, 0) is 30.9 Å². The molecule has 1 aliphatic rings. The largest absolute Gasteiger partial charge is 0.467 e. The summed E-state index contributed by atoms with van der Waals surface area (Å²) in [6, 6.07) is 8.42. The highest BCUT2D eigenvalue weighted by Crippen LogP contribution is 2.27. The Morgan fingerprint density at radius 1 is 1.15 bits per heavy atom. The Hall–Kier alpha value is -1.84. The molecule has 108 valence electrons. The van der Waals surface area contributed by atoms with Crippen molar-refractivity contribution in [3.63, 3.8) is 0 Å². The van der Waals surface area contributed by atoms with Crippen molar-refractivity contribution < 1.29 is 14.3 Å². The second-order valence-corrected chi connectivity index (χ2v) is 5.24. The molecule has 1 atom stereocenters. The maximum absolute atomic E-state index is 12.2. The minimum atomic E-state index is -0.534. The van der Waals surface area contributed by atoms with Gasteiger partial charge in [-0.2, -0.15) is 0 Å². The molecule has 20 heavy (non-hydrogen) atoms. The third-order valence-corrected chi connectivity index (χ3v) is 3.90. The normalized spacial score (nSPS) is 17.2. The van der Waals surface area contributed by atoms with Gasteiger partial charge in [-0.1, -0.05) is 37.5 Å². The van der Waals surface area contributed by atoms with Gasteiger partial charge in [-0.25, -0.2) is 4.79 Å². The summed E-state index contributed by atoms with van der Waals surface area (Å²) >= 11 is 0. The van der Waals surface area contributed by atoms with Gasteiger partial charge in [0.05, 0.1) is 7.11 Å². The number of carbonyl (C=O) groups excluding carboxylic acids is 2. The van der Waals surface area contributed by atoms with Gasteiger partial charge in [0.1, 0.15) is 6.04 Å². The van der Waals surface area contributed by atoms with Crippen molar-refractivity contribution in [1.82, 2.24) is 5.32 Å². The van der Waals surface area contributed by atoms with Crippen molar-refractivity contribution in [2.24, 2.45) is 5.92 Å². The monoisotopic (exact) mass is 275 g/mol. The van der Waals surface area contributed by atoms with Crippen LogP contribution in [0.3, 0.4) is 0 Å². The lowest BCUT2D eigenvalue weighted by Gasteiger charge is -2.29. The van der Waals surface area contributed by atoms with Crippen LogP contribution in [-0.4, -0.2) is 25.0 Å². The number of rotatable bonds is 4. The Balaban J connectivity index is 2.07. The van der Waals surface area contributed by atoms with Crippen molar-refractivity contribution in [3.05, 3.63) is 35.9 Å². The lowest BCUT2D eigenvalue weighted by molar-refractivity contribution is -0.144. The molecule has 0 spiro atoms. The van der Waals surface area contributed by atoms with E-state index in [4.69, 9.17) is 4.74 Å². The number of nitrogens with one attached hydrogen (secondary N) is 1. The van der Waals surface area contributed by atoms with Crippen molar-refractivity contribution >= 4 is 11.9 Å². The van der Waals surface area contributed by atoms with Crippen LogP contribution in [0.2, 0.25) is 0 Å². The number of amides is 1. The van der Waals surface area contributed by atoms with E-state index in [0.717, 1.165) is 25.7 Å². The smallest absolute Gasteiger partial charge is 0.328 e. The van der Waals surface area contributed by atoms with Gasteiger partial charge in [0.25, 0.3) is 5.91 Å². The first-order chi connectivity index (χ1) is 9.72. The predicted molar refractivity (Wildman–Crippen MR) is 76.3 cm³/mol. The van der Waals surface area contributed by atoms with E-state index in [9.17, 15) is 9.59 Å². The molecule has 1 N–H and O–H groups in total. The minimum absolute atomic E-state index is 0.184. The van der Waals surface area contributed by atoms with Crippen molar-refractivity contribution in [1.29, 1.82) is 0 Å². The van der Waals surface area contributed by atoms with Crippen LogP contribution < -0.4 is 5.32 Å². The fraction of sp³-hybridized carbons (Fsp3) is 0.500. The van der Waals surface area contributed by atoms with Crippen LogP contribution in [-0.2, 0) is 9.53 Å². The zero-order valence-corrected chi connectivity index (χ0v) is 11.8. The number of methoxy groups -OCH3 is 1. The zero-order valence-electron chi connectivity index (χ0n) is 11.8. The third-order valence-electron chi connectivity index (χ3n) is 3.90. The number of esters is 1. The van der Waals surface area contributed by atoms with Gasteiger partial charge < -0.3 is 10.1 Å². The number of hydrogen-bond acceptors (Lipinski definition) is 3. The topological polar surface area (TPSA) is 55.4 Å². The number of benzene rings is 1. The molecule has 1 saturated carbocycles. The van der Waals surface area contributed by atoms with Crippen LogP contribution in [0.5, 0.6) is 0 Å². The SMILES string of the molecule is COC(=O)[C@H](NC(=O)c1ccccc1)C1CCCCC1. The summed E-state index contributed by atoms with van der Waals surface area (Å²) < 4.78 is 4.85. The van der Waals surface area contributed by atoms with E-state index < -0.39 is 6.04 Å². The second-order valence-electron chi connectivity index (χ2n) is 5.24. The van der Waals surface area contributed by atoms with Crippen molar-refractivity contribution in [3.8, 4) is 0 Å². The lowest BCUT2D eigenvalue weighted by atomic mass is 9.83. The Bertz CT molecular complexity index is 452. The molecular formula is C16H21NO3. The molecule has 0 heterocycles. The van der Waals surface area contributed by atoms with Crippen LogP contribution in [0.15, 0.2) is 30.3 Å². The quantitative estimate of drug-likeness (QED) is 0.859. The molecule has 1 aromatic rings. The Morgan fingerprint density at radius 2 is 1.80 bits per heavy atom. The van der Waals surface area contributed by atoms with E-state index in [1.807, 2.05) is 18.2 Å². The third kappa shape index (κ3) is 3.59. The lowest BCUT2D eigenvalue weighted by Crippen LogP contribution is -2.47. The number of ether oxygens (including phenoxy) is 1. The minimum Gasteiger partial charge on any atom is -0.467 e. The first-order valence-electron chi connectivity index (χ1n) is 7.16. The summed E-state index contributed by atoms with van der Waals surface area (Å²) in [7, 11) is 1.37. The molecule has 2 rings (SSSR count). The predicted octanol–water partition coefficient (Wildman–Crippen LogP) is 2.54. The molecule has 4 nitrogen and oxygen atoms in total. The van der Waals surface area contributed by atoms with Crippen LogP contribution in [0.4, 0.5) is 0 Å². The molecule has 1 fully saturated rings. The van der Waals surface area contributed by atoms with Crippen LogP contribution >= 0.6 is 0 Å². The summed E-state index contributed by atoms with van der Waals surface area (Å²) in [5.41, 5.74) is 0.567. The first kappa shape index (κ1) is 14.6. The van der Waals surface area contributed by atoms with Crippen LogP contribution in [0.1, 0.15) is 42.5 Å². The second kappa shape index (κ2) is 7.08. The summed E-state index contributed by atoms with van der Waals surface area (Å²) in [4.78, 5) is 24.1. The van der Waals surface area contributed by atoms with Crippen molar-refractivity contribution in [2.45, 2.75) is 38.1 Å². The highest BCUT2D eigenvalue weighted by atomic mass is 16.5. The standard InChI is InChI=1S/C16H21NO3/c1-20-16(19)14(12-8-4-2-5-9-12)17-15(18)13-10-6-3-7-11-13/h3,6-7,10-12,14H,2,4-5,8-9H2,1H3,(H,17,18)/t14-/m1/s1. The highest BCUT2D eigenvalue weighted by molar-refractivity contribution is 5.96. The van der Waals surface area contributed by atoms with Crippen molar-refractivity contribution in [2.75, 3.05) is 7.11 Å². The molecule has 0 saturated heterocycles. The Labute approximate surface area is 119 Å². The van der Waals surface area contributed by atoms with E-state index in [1.54, 1.807) is 12.1 Å². The molecular weight excluding hydrogens is 254 g/mol. The average Bonchev–Trinajstić information content (AvgIpc) is 2.53. The molecule has 1 aliphatic carbocycles. The highest BCUT2D eigenvalue weighted by Gasteiger charge is 2.31.